The number of hydrogen-bond donors (Lipinski definition) is 1. The summed E-state index contributed by atoms with van der Waals surface area (Å²) in [5.41, 5.74) is 1.55. The Kier molecular flexibility index (Phi) is 5.64. The van der Waals surface area contributed by atoms with Crippen LogP contribution >= 0.6 is 11.6 Å². The third kappa shape index (κ3) is 4.45. The van der Waals surface area contributed by atoms with Gasteiger partial charge in [-0.2, -0.15) is 17.4 Å². The highest BCUT2D eigenvalue weighted by molar-refractivity contribution is 7.87. The van der Waals surface area contributed by atoms with Gasteiger partial charge in [-0.15, -0.1) is 0 Å². The lowest BCUT2D eigenvalue weighted by molar-refractivity contribution is 0.414. The Morgan fingerprint density at radius 2 is 1.74 bits per heavy atom. The standard InChI is InChI=1S/C16H19ClN2O3S/c1-19(2)23(20,21)18-16(13-5-4-6-14(17)11-13)12-7-9-15(22-3)10-8-12/h4-11,16,18H,1-3H3. The van der Waals surface area contributed by atoms with E-state index in [-0.39, 0.29) is 0 Å². The molecule has 2 aromatic rings. The second-order valence-electron chi connectivity index (χ2n) is 5.17. The number of benzene rings is 2. The molecule has 1 N–H and O–H groups in total. The van der Waals surface area contributed by atoms with Crippen LogP contribution in [0.25, 0.3) is 0 Å². The molecular formula is C16H19ClN2O3S. The number of nitrogens with zero attached hydrogens (tertiary/aromatic N) is 1. The van der Waals surface area contributed by atoms with Gasteiger partial charge in [0, 0.05) is 19.1 Å². The predicted molar refractivity (Wildman–Crippen MR) is 92.0 cm³/mol. The van der Waals surface area contributed by atoms with Crippen LogP contribution in [-0.4, -0.2) is 33.9 Å². The summed E-state index contributed by atoms with van der Waals surface area (Å²) >= 11 is 6.05. The summed E-state index contributed by atoms with van der Waals surface area (Å²) in [6.07, 6.45) is 0. The number of rotatable bonds is 6. The van der Waals surface area contributed by atoms with Crippen LogP contribution < -0.4 is 9.46 Å². The molecule has 1 unspecified atom stereocenters. The van der Waals surface area contributed by atoms with Gasteiger partial charge in [-0.3, -0.25) is 0 Å². The number of ether oxygens (including phenoxy) is 1. The maximum absolute atomic E-state index is 12.3. The zero-order valence-corrected chi connectivity index (χ0v) is 14.7. The number of methoxy groups -OCH3 is 1. The normalized spacial score (nSPS) is 13.1. The van der Waals surface area contributed by atoms with Gasteiger partial charge in [-0.1, -0.05) is 35.9 Å². The quantitative estimate of drug-likeness (QED) is 0.867. The monoisotopic (exact) mass is 354 g/mol. The number of hydrogen-bond acceptors (Lipinski definition) is 3. The van der Waals surface area contributed by atoms with Gasteiger partial charge in [0.25, 0.3) is 10.2 Å². The van der Waals surface area contributed by atoms with Crippen molar-refractivity contribution in [2.24, 2.45) is 0 Å². The van der Waals surface area contributed by atoms with Crippen molar-refractivity contribution in [1.29, 1.82) is 0 Å². The second-order valence-corrected chi connectivity index (χ2v) is 7.52. The van der Waals surface area contributed by atoms with Crippen LogP contribution in [0, 0.1) is 0 Å². The first kappa shape index (κ1) is 17.7. The molecule has 0 fully saturated rings. The number of halogens is 1. The third-order valence-corrected chi connectivity index (χ3v) is 5.11. The Morgan fingerprint density at radius 1 is 1.09 bits per heavy atom. The van der Waals surface area contributed by atoms with Gasteiger partial charge < -0.3 is 4.74 Å². The summed E-state index contributed by atoms with van der Waals surface area (Å²) in [7, 11) is 0.923. The van der Waals surface area contributed by atoms with E-state index in [0.717, 1.165) is 15.4 Å². The average Bonchev–Trinajstić information content (AvgIpc) is 2.52. The van der Waals surface area contributed by atoms with Crippen molar-refractivity contribution in [3.8, 4) is 5.75 Å². The van der Waals surface area contributed by atoms with E-state index >= 15 is 0 Å². The highest BCUT2D eigenvalue weighted by Gasteiger charge is 2.23. The van der Waals surface area contributed by atoms with E-state index in [4.69, 9.17) is 16.3 Å². The third-order valence-electron chi connectivity index (χ3n) is 3.38. The van der Waals surface area contributed by atoms with E-state index < -0.39 is 16.3 Å². The summed E-state index contributed by atoms with van der Waals surface area (Å²) < 4.78 is 33.5. The van der Waals surface area contributed by atoms with Crippen LogP contribution in [0.4, 0.5) is 0 Å². The van der Waals surface area contributed by atoms with E-state index in [9.17, 15) is 8.42 Å². The molecule has 0 heterocycles. The fourth-order valence-corrected chi connectivity index (χ4v) is 3.04. The van der Waals surface area contributed by atoms with Crippen LogP contribution in [-0.2, 0) is 10.2 Å². The topological polar surface area (TPSA) is 58.6 Å². The summed E-state index contributed by atoms with van der Waals surface area (Å²) in [4.78, 5) is 0. The van der Waals surface area contributed by atoms with Gasteiger partial charge in [0.05, 0.1) is 13.2 Å². The van der Waals surface area contributed by atoms with Gasteiger partial charge in [0.15, 0.2) is 0 Å². The highest BCUT2D eigenvalue weighted by atomic mass is 35.5. The van der Waals surface area contributed by atoms with Crippen LogP contribution in [0.3, 0.4) is 0 Å². The first-order chi connectivity index (χ1) is 10.8. The minimum atomic E-state index is -3.61. The Balaban J connectivity index is 2.46. The van der Waals surface area contributed by atoms with E-state index in [1.165, 1.54) is 14.1 Å². The fourth-order valence-electron chi connectivity index (χ4n) is 2.07. The van der Waals surface area contributed by atoms with Crippen LogP contribution in [0.1, 0.15) is 17.2 Å². The van der Waals surface area contributed by atoms with Gasteiger partial charge in [-0.05, 0) is 35.4 Å². The Hall–Kier alpha value is -1.60. The van der Waals surface area contributed by atoms with Gasteiger partial charge in [0.2, 0.25) is 0 Å². The maximum Gasteiger partial charge on any atom is 0.279 e. The smallest absolute Gasteiger partial charge is 0.279 e. The molecule has 0 amide bonds. The van der Waals surface area contributed by atoms with Crippen molar-refractivity contribution in [2.45, 2.75) is 6.04 Å². The molecule has 7 heteroatoms. The number of nitrogens with one attached hydrogen (secondary N) is 1. The van der Waals surface area contributed by atoms with E-state index in [1.807, 2.05) is 18.2 Å². The molecule has 124 valence electrons. The summed E-state index contributed by atoms with van der Waals surface area (Å²) in [5.74, 6) is 0.703. The highest BCUT2D eigenvalue weighted by Crippen LogP contribution is 2.27. The molecule has 1 atom stereocenters. The van der Waals surface area contributed by atoms with Gasteiger partial charge in [-0.25, -0.2) is 0 Å². The lowest BCUT2D eigenvalue weighted by atomic mass is 10.00. The molecular weight excluding hydrogens is 336 g/mol. The summed E-state index contributed by atoms with van der Waals surface area (Å²) in [6, 6.07) is 13.8. The van der Waals surface area contributed by atoms with Crippen LogP contribution in [0.15, 0.2) is 48.5 Å². The van der Waals surface area contributed by atoms with Gasteiger partial charge in [0.1, 0.15) is 5.75 Å². The minimum Gasteiger partial charge on any atom is -0.497 e. The molecule has 0 aliphatic rings. The average molecular weight is 355 g/mol. The molecule has 0 aliphatic carbocycles. The van der Waals surface area contributed by atoms with Crippen molar-refractivity contribution < 1.29 is 13.2 Å². The Labute approximate surface area is 142 Å². The molecule has 0 saturated heterocycles. The zero-order chi connectivity index (χ0) is 17.0. The van der Waals surface area contributed by atoms with Gasteiger partial charge >= 0.3 is 0 Å². The van der Waals surface area contributed by atoms with Crippen molar-refractivity contribution in [3.05, 3.63) is 64.7 Å². The molecule has 5 nitrogen and oxygen atoms in total. The largest absolute Gasteiger partial charge is 0.497 e. The van der Waals surface area contributed by atoms with Crippen LogP contribution in [0.2, 0.25) is 5.02 Å². The molecule has 0 spiro atoms. The maximum atomic E-state index is 12.3. The molecule has 2 aromatic carbocycles. The predicted octanol–water partition coefficient (Wildman–Crippen LogP) is 2.83. The fraction of sp³-hybridized carbons (Fsp3) is 0.250. The van der Waals surface area contributed by atoms with Crippen molar-refractivity contribution >= 4 is 21.8 Å². The summed E-state index contributed by atoms with van der Waals surface area (Å²) in [6.45, 7) is 0. The molecule has 2 rings (SSSR count). The SMILES string of the molecule is COc1ccc(C(NS(=O)(=O)N(C)C)c2cccc(Cl)c2)cc1. The lowest BCUT2D eigenvalue weighted by Crippen LogP contribution is -2.38. The molecule has 0 radical (unpaired) electrons. The van der Waals surface area contributed by atoms with Crippen molar-refractivity contribution in [2.75, 3.05) is 21.2 Å². The molecule has 0 bridgehead atoms. The Morgan fingerprint density at radius 3 is 2.26 bits per heavy atom. The van der Waals surface area contributed by atoms with E-state index in [1.54, 1.807) is 37.4 Å². The first-order valence-electron chi connectivity index (χ1n) is 6.92. The minimum absolute atomic E-state index is 0.546. The van der Waals surface area contributed by atoms with Crippen molar-refractivity contribution in [3.63, 3.8) is 0 Å². The summed E-state index contributed by atoms with van der Waals surface area (Å²) in [5, 5.41) is 0.546. The molecule has 23 heavy (non-hydrogen) atoms. The van der Waals surface area contributed by atoms with Crippen molar-refractivity contribution in [1.82, 2.24) is 9.03 Å². The molecule has 0 aliphatic heterocycles. The Bertz CT molecular complexity index is 761. The molecule has 0 saturated carbocycles. The van der Waals surface area contributed by atoms with Crippen LogP contribution in [0.5, 0.6) is 5.75 Å². The first-order valence-corrected chi connectivity index (χ1v) is 8.74. The lowest BCUT2D eigenvalue weighted by Gasteiger charge is -2.22. The van der Waals surface area contributed by atoms with E-state index in [0.29, 0.717) is 10.8 Å². The van der Waals surface area contributed by atoms with E-state index in [2.05, 4.69) is 4.72 Å². The molecule has 0 aromatic heterocycles. The zero-order valence-electron chi connectivity index (χ0n) is 13.2. The second kappa shape index (κ2) is 7.31.